The number of hydrogen-bond acceptors (Lipinski definition) is 3. The van der Waals surface area contributed by atoms with Crippen LogP contribution < -0.4 is 11.1 Å². The first kappa shape index (κ1) is 13.2. The van der Waals surface area contributed by atoms with E-state index in [1.54, 1.807) is 18.3 Å². The van der Waals surface area contributed by atoms with Gasteiger partial charge in [0.2, 0.25) is 0 Å². The molecular weight excluding hydrogens is 238 g/mol. The highest BCUT2D eigenvalue weighted by molar-refractivity contribution is 5.94. The Morgan fingerprint density at radius 1 is 1.32 bits per heavy atom. The molecule has 4 nitrogen and oxygen atoms in total. The van der Waals surface area contributed by atoms with Crippen molar-refractivity contribution < 1.29 is 4.79 Å². The Kier molecular flexibility index (Phi) is 4.26. The molecule has 0 aliphatic rings. The highest BCUT2D eigenvalue weighted by atomic mass is 16.1. The zero-order chi connectivity index (χ0) is 13.7. The molecule has 1 atom stereocenters. The molecule has 2 aromatic rings. The number of aromatic nitrogens is 1. The van der Waals surface area contributed by atoms with E-state index >= 15 is 0 Å². The molecule has 1 amide bonds. The third-order valence-electron chi connectivity index (χ3n) is 2.87. The molecule has 0 aliphatic carbocycles. The van der Waals surface area contributed by atoms with E-state index in [0.717, 1.165) is 11.3 Å². The average Bonchev–Trinajstić information content (AvgIpc) is 2.45. The summed E-state index contributed by atoms with van der Waals surface area (Å²) in [7, 11) is 0. The molecule has 19 heavy (non-hydrogen) atoms. The zero-order valence-corrected chi connectivity index (χ0v) is 10.8. The van der Waals surface area contributed by atoms with Crippen molar-refractivity contribution >= 4 is 5.91 Å². The molecule has 0 spiro atoms. The second-order valence-corrected chi connectivity index (χ2v) is 4.41. The molecular formula is C15H17N3O. The van der Waals surface area contributed by atoms with Gasteiger partial charge in [0, 0.05) is 30.0 Å². The summed E-state index contributed by atoms with van der Waals surface area (Å²) in [5.74, 6) is -0.128. The fourth-order valence-corrected chi connectivity index (χ4v) is 1.81. The molecule has 98 valence electrons. The summed E-state index contributed by atoms with van der Waals surface area (Å²) in [4.78, 5) is 16.0. The van der Waals surface area contributed by atoms with Gasteiger partial charge >= 0.3 is 0 Å². The summed E-state index contributed by atoms with van der Waals surface area (Å²) >= 11 is 0. The van der Waals surface area contributed by atoms with Crippen molar-refractivity contribution in [1.82, 2.24) is 10.3 Å². The van der Waals surface area contributed by atoms with Crippen LogP contribution in [0.15, 0.2) is 48.7 Å². The molecule has 4 heteroatoms. The maximum Gasteiger partial charge on any atom is 0.251 e. The summed E-state index contributed by atoms with van der Waals surface area (Å²) in [5, 5.41) is 2.83. The van der Waals surface area contributed by atoms with Gasteiger partial charge < -0.3 is 11.1 Å². The zero-order valence-electron chi connectivity index (χ0n) is 10.8. The van der Waals surface area contributed by atoms with Crippen LogP contribution in [0.1, 0.15) is 27.7 Å². The largest absolute Gasteiger partial charge is 0.350 e. The molecule has 0 bridgehead atoms. The van der Waals surface area contributed by atoms with Crippen molar-refractivity contribution in [3.8, 4) is 0 Å². The monoisotopic (exact) mass is 255 g/mol. The molecule has 1 unspecified atom stereocenters. The van der Waals surface area contributed by atoms with E-state index in [0.29, 0.717) is 12.1 Å². The van der Waals surface area contributed by atoms with Crippen molar-refractivity contribution in [1.29, 1.82) is 0 Å². The lowest BCUT2D eigenvalue weighted by Gasteiger charge is -2.13. The average molecular weight is 255 g/mol. The molecule has 1 heterocycles. The highest BCUT2D eigenvalue weighted by Gasteiger charge is 2.09. The third kappa shape index (κ3) is 3.63. The van der Waals surface area contributed by atoms with Crippen LogP contribution in [-0.4, -0.2) is 17.4 Å². The SMILES string of the molecule is Cc1cc(C(=O)NCC(N)c2ccccc2)ccn1. The normalized spacial score (nSPS) is 11.9. The minimum absolute atomic E-state index is 0.128. The predicted molar refractivity (Wildman–Crippen MR) is 74.7 cm³/mol. The summed E-state index contributed by atoms with van der Waals surface area (Å²) in [5.41, 5.74) is 8.46. The van der Waals surface area contributed by atoms with E-state index in [4.69, 9.17) is 5.73 Å². The van der Waals surface area contributed by atoms with E-state index in [9.17, 15) is 4.79 Å². The number of amides is 1. The van der Waals surface area contributed by atoms with E-state index in [2.05, 4.69) is 10.3 Å². The van der Waals surface area contributed by atoms with Gasteiger partial charge in [-0.1, -0.05) is 30.3 Å². The van der Waals surface area contributed by atoms with Gasteiger partial charge in [-0.2, -0.15) is 0 Å². The second kappa shape index (κ2) is 6.11. The summed E-state index contributed by atoms with van der Waals surface area (Å²) in [6.07, 6.45) is 1.63. The van der Waals surface area contributed by atoms with E-state index < -0.39 is 0 Å². The van der Waals surface area contributed by atoms with E-state index in [1.807, 2.05) is 37.3 Å². The number of benzene rings is 1. The van der Waals surface area contributed by atoms with Crippen LogP contribution >= 0.6 is 0 Å². The first-order valence-corrected chi connectivity index (χ1v) is 6.18. The quantitative estimate of drug-likeness (QED) is 0.875. The number of hydrogen-bond donors (Lipinski definition) is 2. The number of carbonyl (C=O) groups is 1. The first-order chi connectivity index (χ1) is 9.16. The molecule has 0 fully saturated rings. The number of rotatable bonds is 4. The molecule has 0 aliphatic heterocycles. The van der Waals surface area contributed by atoms with Gasteiger partial charge in [-0.3, -0.25) is 9.78 Å². The van der Waals surface area contributed by atoms with E-state index in [-0.39, 0.29) is 11.9 Å². The lowest BCUT2D eigenvalue weighted by Crippen LogP contribution is -2.31. The van der Waals surface area contributed by atoms with Gasteiger partial charge in [-0.25, -0.2) is 0 Å². The predicted octanol–water partition coefficient (Wildman–Crippen LogP) is 1.82. The first-order valence-electron chi connectivity index (χ1n) is 6.18. The van der Waals surface area contributed by atoms with Crippen LogP contribution in [0.4, 0.5) is 0 Å². The van der Waals surface area contributed by atoms with Gasteiger partial charge in [0.05, 0.1) is 0 Å². The van der Waals surface area contributed by atoms with Gasteiger partial charge in [-0.05, 0) is 24.6 Å². The number of nitrogens with one attached hydrogen (secondary N) is 1. The van der Waals surface area contributed by atoms with Crippen molar-refractivity contribution in [3.05, 3.63) is 65.5 Å². The maximum absolute atomic E-state index is 11.9. The molecule has 1 aromatic heterocycles. The van der Waals surface area contributed by atoms with Crippen LogP contribution in [0, 0.1) is 6.92 Å². The van der Waals surface area contributed by atoms with Gasteiger partial charge in [0.15, 0.2) is 0 Å². The van der Waals surface area contributed by atoms with Crippen LogP contribution in [0.2, 0.25) is 0 Å². The minimum atomic E-state index is -0.201. The van der Waals surface area contributed by atoms with Crippen molar-refractivity contribution in [2.24, 2.45) is 5.73 Å². The van der Waals surface area contributed by atoms with Gasteiger partial charge in [-0.15, -0.1) is 0 Å². The Morgan fingerprint density at radius 2 is 2.05 bits per heavy atom. The third-order valence-corrected chi connectivity index (χ3v) is 2.87. The smallest absolute Gasteiger partial charge is 0.251 e. The van der Waals surface area contributed by atoms with E-state index in [1.165, 1.54) is 0 Å². The minimum Gasteiger partial charge on any atom is -0.350 e. The lowest BCUT2D eigenvalue weighted by atomic mass is 10.1. The van der Waals surface area contributed by atoms with Crippen LogP contribution in [-0.2, 0) is 0 Å². The Hall–Kier alpha value is -2.20. The number of aryl methyl sites for hydroxylation is 1. The highest BCUT2D eigenvalue weighted by Crippen LogP contribution is 2.08. The lowest BCUT2D eigenvalue weighted by molar-refractivity contribution is 0.0951. The molecule has 1 aromatic carbocycles. The molecule has 3 N–H and O–H groups in total. The summed E-state index contributed by atoms with van der Waals surface area (Å²) in [6, 6.07) is 13.0. The number of nitrogens with zero attached hydrogens (tertiary/aromatic N) is 1. The topological polar surface area (TPSA) is 68.0 Å². The maximum atomic E-state index is 11.9. The molecule has 0 saturated carbocycles. The van der Waals surface area contributed by atoms with Crippen molar-refractivity contribution in [2.75, 3.05) is 6.54 Å². The summed E-state index contributed by atoms with van der Waals surface area (Å²) < 4.78 is 0. The molecule has 0 saturated heterocycles. The van der Waals surface area contributed by atoms with Gasteiger partial charge in [0.1, 0.15) is 0 Å². The molecule has 0 radical (unpaired) electrons. The fourth-order valence-electron chi connectivity index (χ4n) is 1.81. The van der Waals surface area contributed by atoms with Gasteiger partial charge in [0.25, 0.3) is 5.91 Å². The fraction of sp³-hybridized carbons (Fsp3) is 0.200. The Labute approximate surface area is 112 Å². The number of pyridine rings is 1. The van der Waals surface area contributed by atoms with Crippen molar-refractivity contribution in [3.63, 3.8) is 0 Å². The Bertz CT molecular complexity index is 554. The van der Waals surface area contributed by atoms with Crippen LogP contribution in [0.3, 0.4) is 0 Å². The van der Waals surface area contributed by atoms with Crippen molar-refractivity contribution in [2.45, 2.75) is 13.0 Å². The Balaban J connectivity index is 1.94. The Morgan fingerprint density at radius 3 is 2.74 bits per heavy atom. The van der Waals surface area contributed by atoms with Crippen LogP contribution in [0.5, 0.6) is 0 Å². The molecule has 2 rings (SSSR count). The second-order valence-electron chi connectivity index (χ2n) is 4.41. The number of nitrogens with two attached hydrogens (primary N) is 1. The summed E-state index contributed by atoms with van der Waals surface area (Å²) in [6.45, 7) is 2.26. The number of carbonyl (C=O) groups excluding carboxylic acids is 1. The van der Waals surface area contributed by atoms with Crippen LogP contribution in [0.25, 0.3) is 0 Å². The standard InChI is InChI=1S/C15H17N3O/c1-11-9-13(7-8-17-11)15(19)18-10-14(16)12-5-3-2-4-6-12/h2-9,14H,10,16H2,1H3,(H,18,19).